The Morgan fingerprint density at radius 1 is 1.19 bits per heavy atom. The third kappa shape index (κ3) is 3.53. The Morgan fingerprint density at radius 2 is 1.81 bits per heavy atom. The maximum Gasteiger partial charge on any atom is 0.125 e. The zero-order chi connectivity index (χ0) is 12.1. The van der Waals surface area contributed by atoms with E-state index in [4.69, 9.17) is 9.84 Å². The molecule has 0 heterocycles. The van der Waals surface area contributed by atoms with Gasteiger partial charge in [0.05, 0.1) is 12.7 Å². The van der Waals surface area contributed by atoms with Crippen LogP contribution in [-0.4, -0.2) is 17.8 Å². The van der Waals surface area contributed by atoms with Gasteiger partial charge in [-0.2, -0.15) is 0 Å². The summed E-state index contributed by atoms with van der Waals surface area (Å²) in [4.78, 5) is 0. The van der Waals surface area contributed by atoms with Crippen molar-refractivity contribution in [1.29, 1.82) is 0 Å². The van der Waals surface area contributed by atoms with Gasteiger partial charge in [-0.1, -0.05) is 12.1 Å². The topological polar surface area (TPSA) is 29.5 Å². The summed E-state index contributed by atoms with van der Waals surface area (Å²) in [6.45, 7) is 8.74. The average Bonchev–Trinajstić information content (AvgIpc) is 2.22. The molecule has 2 heteroatoms. The van der Waals surface area contributed by atoms with Gasteiger partial charge in [-0.25, -0.2) is 0 Å². The molecule has 0 amide bonds. The molecule has 0 saturated heterocycles. The van der Waals surface area contributed by atoms with Gasteiger partial charge in [-0.3, -0.25) is 0 Å². The smallest absolute Gasteiger partial charge is 0.125 e. The van der Waals surface area contributed by atoms with Gasteiger partial charge in [-0.05, 0) is 57.2 Å². The predicted octanol–water partition coefficient (Wildman–Crippen LogP) is 3.15. The minimum Gasteiger partial charge on any atom is -0.493 e. The lowest BCUT2D eigenvalue weighted by Gasteiger charge is -2.14. The van der Waals surface area contributed by atoms with E-state index < -0.39 is 0 Å². The first-order valence-electron chi connectivity index (χ1n) is 5.90. The van der Waals surface area contributed by atoms with Crippen LogP contribution in [0.2, 0.25) is 0 Å². The molecule has 0 aromatic heterocycles. The summed E-state index contributed by atoms with van der Waals surface area (Å²) >= 11 is 0. The van der Waals surface area contributed by atoms with Gasteiger partial charge in [0.1, 0.15) is 5.75 Å². The molecule has 0 aliphatic carbocycles. The van der Waals surface area contributed by atoms with Crippen LogP contribution in [0.4, 0.5) is 0 Å². The number of rotatable bonds is 5. The van der Waals surface area contributed by atoms with Gasteiger partial charge in [0.25, 0.3) is 0 Å². The molecule has 16 heavy (non-hydrogen) atoms. The highest BCUT2D eigenvalue weighted by atomic mass is 16.5. The number of hydrogen-bond acceptors (Lipinski definition) is 2. The molecule has 0 fully saturated rings. The van der Waals surface area contributed by atoms with Crippen LogP contribution in [0.3, 0.4) is 0 Å². The van der Waals surface area contributed by atoms with Crippen molar-refractivity contribution < 1.29 is 9.84 Å². The Morgan fingerprint density at radius 3 is 2.44 bits per heavy atom. The third-order valence-electron chi connectivity index (χ3n) is 2.89. The van der Waals surface area contributed by atoms with E-state index in [0.717, 1.165) is 18.6 Å². The summed E-state index contributed by atoms with van der Waals surface area (Å²) in [6, 6.07) is 4.21. The lowest BCUT2D eigenvalue weighted by molar-refractivity contribution is 0.170. The van der Waals surface area contributed by atoms with E-state index in [-0.39, 0.29) is 6.10 Å². The minimum absolute atomic E-state index is 0.233. The van der Waals surface area contributed by atoms with Crippen LogP contribution in [0.1, 0.15) is 36.5 Å². The van der Waals surface area contributed by atoms with Crippen molar-refractivity contribution in [2.24, 2.45) is 0 Å². The zero-order valence-electron chi connectivity index (χ0n) is 10.7. The second-order valence-corrected chi connectivity index (χ2v) is 4.49. The Kier molecular flexibility index (Phi) is 4.81. The van der Waals surface area contributed by atoms with Gasteiger partial charge >= 0.3 is 0 Å². The van der Waals surface area contributed by atoms with Crippen molar-refractivity contribution in [2.45, 2.75) is 46.6 Å². The van der Waals surface area contributed by atoms with Crippen LogP contribution in [-0.2, 0) is 0 Å². The fraction of sp³-hybridized carbons (Fsp3) is 0.571. The molecule has 0 bridgehead atoms. The number of ether oxygens (including phenoxy) is 1. The van der Waals surface area contributed by atoms with Crippen molar-refractivity contribution in [2.75, 3.05) is 6.61 Å². The summed E-state index contributed by atoms with van der Waals surface area (Å²) < 4.78 is 5.79. The second-order valence-electron chi connectivity index (χ2n) is 4.49. The van der Waals surface area contributed by atoms with Crippen molar-refractivity contribution in [3.05, 3.63) is 28.8 Å². The standard InChI is InChI=1S/C14H22O2/c1-10-7-8-11(2)14(13(10)4)16-9-5-6-12(3)15/h7-8,12,15H,5-6,9H2,1-4H3. The van der Waals surface area contributed by atoms with Gasteiger partial charge in [0.15, 0.2) is 0 Å². The molecule has 0 radical (unpaired) electrons. The fourth-order valence-electron chi connectivity index (χ4n) is 1.70. The average molecular weight is 222 g/mol. The van der Waals surface area contributed by atoms with E-state index in [1.165, 1.54) is 16.7 Å². The van der Waals surface area contributed by atoms with Gasteiger partial charge < -0.3 is 9.84 Å². The first-order valence-corrected chi connectivity index (χ1v) is 5.90. The van der Waals surface area contributed by atoms with Gasteiger partial charge in [0, 0.05) is 0 Å². The first kappa shape index (κ1) is 13.0. The largest absolute Gasteiger partial charge is 0.493 e. The van der Waals surface area contributed by atoms with Crippen LogP contribution in [0.5, 0.6) is 5.75 Å². The van der Waals surface area contributed by atoms with Crippen molar-refractivity contribution in [1.82, 2.24) is 0 Å². The van der Waals surface area contributed by atoms with Crippen molar-refractivity contribution >= 4 is 0 Å². The van der Waals surface area contributed by atoms with E-state index in [0.29, 0.717) is 6.61 Å². The minimum atomic E-state index is -0.233. The predicted molar refractivity (Wildman–Crippen MR) is 67.1 cm³/mol. The summed E-state index contributed by atoms with van der Waals surface area (Å²) in [5.74, 6) is 1.01. The first-order chi connectivity index (χ1) is 7.52. The van der Waals surface area contributed by atoms with Crippen LogP contribution in [0, 0.1) is 20.8 Å². The van der Waals surface area contributed by atoms with Crippen LogP contribution in [0.25, 0.3) is 0 Å². The second kappa shape index (κ2) is 5.90. The SMILES string of the molecule is Cc1ccc(C)c(OCCCC(C)O)c1C. The molecule has 1 aromatic carbocycles. The summed E-state index contributed by atoms with van der Waals surface area (Å²) in [7, 11) is 0. The number of hydrogen-bond donors (Lipinski definition) is 1. The molecule has 0 spiro atoms. The molecule has 1 aromatic rings. The van der Waals surface area contributed by atoms with E-state index in [1.807, 2.05) is 6.92 Å². The molecular formula is C14H22O2. The Labute approximate surface area is 98.3 Å². The molecule has 0 aliphatic rings. The summed E-state index contributed by atoms with van der Waals surface area (Å²) in [6.07, 6.45) is 1.46. The van der Waals surface area contributed by atoms with E-state index >= 15 is 0 Å². The van der Waals surface area contributed by atoms with Crippen LogP contribution < -0.4 is 4.74 Å². The monoisotopic (exact) mass is 222 g/mol. The molecular weight excluding hydrogens is 200 g/mol. The van der Waals surface area contributed by atoms with Crippen molar-refractivity contribution in [3.8, 4) is 5.75 Å². The lowest BCUT2D eigenvalue weighted by Crippen LogP contribution is -2.06. The van der Waals surface area contributed by atoms with E-state index in [9.17, 15) is 0 Å². The normalized spacial score (nSPS) is 12.6. The third-order valence-corrected chi connectivity index (χ3v) is 2.89. The molecule has 1 atom stereocenters. The van der Waals surface area contributed by atoms with Gasteiger partial charge in [-0.15, -0.1) is 0 Å². The molecule has 0 saturated carbocycles. The van der Waals surface area contributed by atoms with Crippen molar-refractivity contribution in [3.63, 3.8) is 0 Å². The fourth-order valence-corrected chi connectivity index (χ4v) is 1.70. The molecule has 0 aliphatic heterocycles. The highest BCUT2D eigenvalue weighted by Gasteiger charge is 2.06. The summed E-state index contributed by atoms with van der Waals surface area (Å²) in [5, 5.41) is 9.15. The molecule has 1 rings (SSSR count). The zero-order valence-corrected chi connectivity index (χ0v) is 10.7. The van der Waals surface area contributed by atoms with E-state index in [2.05, 4.69) is 32.9 Å². The molecule has 1 N–H and O–H groups in total. The number of aliphatic hydroxyl groups excluding tert-OH is 1. The highest BCUT2D eigenvalue weighted by Crippen LogP contribution is 2.25. The Hall–Kier alpha value is -1.02. The highest BCUT2D eigenvalue weighted by molar-refractivity contribution is 5.44. The van der Waals surface area contributed by atoms with E-state index in [1.54, 1.807) is 0 Å². The number of aliphatic hydroxyl groups is 1. The number of aryl methyl sites for hydroxylation is 2. The summed E-state index contributed by atoms with van der Waals surface area (Å²) in [5.41, 5.74) is 3.66. The number of benzene rings is 1. The van der Waals surface area contributed by atoms with Crippen LogP contribution >= 0.6 is 0 Å². The maximum atomic E-state index is 9.15. The quantitative estimate of drug-likeness (QED) is 0.775. The lowest BCUT2D eigenvalue weighted by atomic mass is 10.1. The van der Waals surface area contributed by atoms with Gasteiger partial charge in [0.2, 0.25) is 0 Å². The molecule has 1 unspecified atom stereocenters. The molecule has 90 valence electrons. The maximum absolute atomic E-state index is 9.15. The Balaban J connectivity index is 2.56. The van der Waals surface area contributed by atoms with Crippen LogP contribution in [0.15, 0.2) is 12.1 Å². The molecule has 2 nitrogen and oxygen atoms in total. The Bertz CT molecular complexity index is 343.